The van der Waals surface area contributed by atoms with Gasteiger partial charge in [-0.05, 0) is 25.0 Å². The number of hydrogen-bond donors (Lipinski definition) is 0. The van der Waals surface area contributed by atoms with E-state index in [0.717, 1.165) is 17.7 Å². The monoisotopic (exact) mass is 418 g/mol. The summed E-state index contributed by atoms with van der Waals surface area (Å²) in [6.45, 7) is 0.921. The molecule has 4 rings (SSSR count). The van der Waals surface area contributed by atoms with Crippen molar-refractivity contribution in [2.24, 2.45) is 5.41 Å². The van der Waals surface area contributed by atoms with Crippen LogP contribution in [0.4, 0.5) is 0 Å². The molecule has 0 saturated carbocycles. The molecule has 0 aliphatic carbocycles. The van der Waals surface area contributed by atoms with Gasteiger partial charge in [0.2, 0.25) is 5.91 Å². The highest BCUT2D eigenvalue weighted by Gasteiger charge is 2.45. The molecule has 2 amide bonds. The van der Waals surface area contributed by atoms with E-state index >= 15 is 0 Å². The van der Waals surface area contributed by atoms with Crippen LogP contribution < -0.4 is 0 Å². The molecule has 0 N–H and O–H groups in total. The highest BCUT2D eigenvalue weighted by atomic mass is 16.5. The van der Waals surface area contributed by atoms with Crippen LogP contribution in [-0.4, -0.2) is 58.9 Å². The number of pyridine rings is 1. The smallest absolute Gasteiger partial charge is 0.272 e. The third-order valence-corrected chi connectivity index (χ3v) is 5.75. The second-order valence-corrected chi connectivity index (χ2v) is 8.25. The van der Waals surface area contributed by atoms with Crippen molar-refractivity contribution < 1.29 is 14.1 Å². The first kappa shape index (κ1) is 20.8. The van der Waals surface area contributed by atoms with E-state index in [-0.39, 0.29) is 11.8 Å². The molecule has 1 aromatic carbocycles. The lowest BCUT2D eigenvalue weighted by atomic mass is 9.75. The van der Waals surface area contributed by atoms with Crippen LogP contribution in [0.25, 0.3) is 11.3 Å². The summed E-state index contributed by atoms with van der Waals surface area (Å²) < 4.78 is 5.62. The molecular weight excluding hydrogens is 392 g/mol. The predicted molar refractivity (Wildman–Crippen MR) is 116 cm³/mol. The molecule has 1 saturated heterocycles. The molecule has 0 spiro atoms. The van der Waals surface area contributed by atoms with Gasteiger partial charge in [0.15, 0.2) is 0 Å². The summed E-state index contributed by atoms with van der Waals surface area (Å²) >= 11 is 0. The maximum atomic E-state index is 13.3. The number of aromatic nitrogens is 2. The number of carbonyl (C=O) groups excluding carboxylic acids is 2. The zero-order valence-corrected chi connectivity index (χ0v) is 17.8. The van der Waals surface area contributed by atoms with Gasteiger partial charge in [-0.1, -0.05) is 41.6 Å². The lowest BCUT2D eigenvalue weighted by Crippen LogP contribution is -2.54. The first-order valence-electron chi connectivity index (χ1n) is 10.4. The number of benzene rings is 1. The average molecular weight is 418 g/mol. The minimum absolute atomic E-state index is 0.0105. The molecule has 2 aromatic heterocycles. The van der Waals surface area contributed by atoms with Crippen LogP contribution in [0, 0.1) is 5.41 Å². The van der Waals surface area contributed by atoms with E-state index in [1.165, 1.54) is 0 Å². The number of nitrogens with zero attached hydrogens (tertiary/aromatic N) is 4. The molecule has 1 aliphatic rings. The highest BCUT2D eigenvalue weighted by molar-refractivity contribution is 5.93. The van der Waals surface area contributed by atoms with Crippen molar-refractivity contribution in [3.8, 4) is 11.3 Å². The molecule has 7 nitrogen and oxygen atoms in total. The van der Waals surface area contributed by atoms with E-state index in [0.29, 0.717) is 37.4 Å². The van der Waals surface area contributed by atoms with Gasteiger partial charge in [0.05, 0.1) is 5.41 Å². The maximum Gasteiger partial charge on any atom is 0.272 e. The molecule has 31 heavy (non-hydrogen) atoms. The number of likely N-dealkylation sites (tertiary alicyclic amines) is 1. The van der Waals surface area contributed by atoms with Crippen molar-refractivity contribution >= 4 is 11.8 Å². The summed E-state index contributed by atoms with van der Waals surface area (Å²) in [6.07, 6.45) is 3.40. The first-order valence-corrected chi connectivity index (χ1v) is 10.4. The van der Waals surface area contributed by atoms with Gasteiger partial charge in [-0.2, -0.15) is 0 Å². The zero-order chi connectivity index (χ0) is 21.8. The Hall–Kier alpha value is -3.48. The van der Waals surface area contributed by atoms with Crippen LogP contribution in [0.2, 0.25) is 0 Å². The fourth-order valence-corrected chi connectivity index (χ4v) is 4.30. The summed E-state index contributed by atoms with van der Waals surface area (Å²) in [7, 11) is 3.50. The minimum atomic E-state index is -0.764. The number of carbonyl (C=O) groups is 2. The molecule has 7 heteroatoms. The number of amides is 2. The van der Waals surface area contributed by atoms with E-state index in [9.17, 15) is 9.59 Å². The fraction of sp³-hybridized carbons (Fsp3) is 0.333. The van der Waals surface area contributed by atoms with Crippen LogP contribution in [0.1, 0.15) is 29.1 Å². The lowest BCUT2D eigenvalue weighted by Gasteiger charge is -2.42. The summed E-state index contributed by atoms with van der Waals surface area (Å²) in [5, 5.41) is 4.20. The Bertz CT molecular complexity index is 1050. The van der Waals surface area contributed by atoms with Gasteiger partial charge in [-0.15, -0.1) is 0 Å². The van der Waals surface area contributed by atoms with Crippen LogP contribution in [-0.2, 0) is 11.2 Å². The molecule has 0 unspecified atom stereocenters. The third kappa shape index (κ3) is 4.35. The van der Waals surface area contributed by atoms with E-state index in [1.807, 2.05) is 36.4 Å². The van der Waals surface area contributed by atoms with Crippen molar-refractivity contribution in [3.63, 3.8) is 0 Å². The normalized spacial score (nSPS) is 18.6. The molecule has 0 radical (unpaired) electrons. The van der Waals surface area contributed by atoms with E-state index in [1.54, 1.807) is 48.3 Å². The maximum absolute atomic E-state index is 13.3. The van der Waals surface area contributed by atoms with E-state index < -0.39 is 5.41 Å². The number of hydrogen-bond acceptors (Lipinski definition) is 5. The zero-order valence-electron chi connectivity index (χ0n) is 17.8. The van der Waals surface area contributed by atoms with Crippen molar-refractivity contribution in [3.05, 3.63) is 72.2 Å². The minimum Gasteiger partial charge on any atom is -0.361 e. The SMILES string of the molecule is CN(C)C(=O)[C@]1(Cc2cc(-c3ccccc3)no2)CCCN(C(=O)c2ccccn2)C1. The molecule has 1 aliphatic heterocycles. The Labute approximate surface area is 181 Å². The second-order valence-electron chi connectivity index (χ2n) is 8.25. The highest BCUT2D eigenvalue weighted by Crippen LogP contribution is 2.36. The van der Waals surface area contributed by atoms with Crippen LogP contribution >= 0.6 is 0 Å². The molecule has 1 fully saturated rings. The van der Waals surface area contributed by atoms with Crippen LogP contribution in [0.15, 0.2) is 65.3 Å². The molecular formula is C24H26N4O3. The number of piperidine rings is 1. The van der Waals surface area contributed by atoms with Crippen molar-refractivity contribution in [1.82, 2.24) is 19.9 Å². The van der Waals surface area contributed by atoms with Gasteiger partial charge in [0.1, 0.15) is 17.1 Å². The van der Waals surface area contributed by atoms with Gasteiger partial charge in [0, 0.05) is 51.4 Å². The largest absolute Gasteiger partial charge is 0.361 e. The standard InChI is InChI=1S/C24H26N4O3/c1-27(2)23(30)24(16-19-15-21(26-31-19)18-9-4-3-5-10-18)12-8-14-28(17-24)22(29)20-11-6-7-13-25-20/h3-7,9-11,13,15H,8,12,14,16-17H2,1-2H3/t24-/m0/s1. The first-order chi connectivity index (χ1) is 15.0. The molecule has 0 bridgehead atoms. The van der Waals surface area contributed by atoms with Crippen molar-refractivity contribution in [2.75, 3.05) is 27.2 Å². The summed E-state index contributed by atoms with van der Waals surface area (Å²) in [6, 6.07) is 16.9. The lowest BCUT2D eigenvalue weighted by molar-refractivity contribution is -0.142. The average Bonchev–Trinajstić information content (AvgIpc) is 3.27. The molecule has 160 valence electrons. The Morgan fingerprint density at radius 1 is 1.13 bits per heavy atom. The van der Waals surface area contributed by atoms with Crippen LogP contribution in [0.3, 0.4) is 0 Å². The number of rotatable bonds is 5. The quantitative estimate of drug-likeness (QED) is 0.635. The Morgan fingerprint density at radius 2 is 1.90 bits per heavy atom. The Balaban J connectivity index is 1.61. The second kappa shape index (κ2) is 8.71. The molecule has 3 heterocycles. The van der Waals surface area contributed by atoms with Crippen molar-refractivity contribution in [2.45, 2.75) is 19.3 Å². The van der Waals surface area contributed by atoms with Gasteiger partial charge >= 0.3 is 0 Å². The van der Waals surface area contributed by atoms with Gasteiger partial charge in [-0.3, -0.25) is 14.6 Å². The molecule has 1 atom stereocenters. The van der Waals surface area contributed by atoms with Gasteiger partial charge in [0.25, 0.3) is 5.91 Å². The van der Waals surface area contributed by atoms with Gasteiger partial charge < -0.3 is 14.3 Å². The Kier molecular flexibility index (Phi) is 5.84. The predicted octanol–water partition coefficient (Wildman–Crippen LogP) is 3.29. The third-order valence-electron chi connectivity index (χ3n) is 5.75. The van der Waals surface area contributed by atoms with Gasteiger partial charge in [-0.25, -0.2) is 0 Å². The summed E-state index contributed by atoms with van der Waals surface area (Å²) in [5.41, 5.74) is 1.32. The Morgan fingerprint density at radius 3 is 2.61 bits per heavy atom. The van der Waals surface area contributed by atoms with Crippen molar-refractivity contribution in [1.29, 1.82) is 0 Å². The molecule has 3 aromatic rings. The van der Waals surface area contributed by atoms with Crippen LogP contribution in [0.5, 0.6) is 0 Å². The fourth-order valence-electron chi connectivity index (χ4n) is 4.30. The topological polar surface area (TPSA) is 79.5 Å². The van der Waals surface area contributed by atoms with E-state index in [2.05, 4.69) is 10.1 Å². The van der Waals surface area contributed by atoms with E-state index in [4.69, 9.17) is 4.52 Å². The summed E-state index contributed by atoms with van der Waals surface area (Å²) in [4.78, 5) is 33.9. The summed E-state index contributed by atoms with van der Waals surface area (Å²) in [5.74, 6) is 0.476.